The molecule has 1 unspecified atom stereocenters. The van der Waals surface area contributed by atoms with E-state index in [-0.39, 0.29) is 0 Å². The van der Waals surface area contributed by atoms with E-state index >= 15 is 0 Å². The van der Waals surface area contributed by atoms with Crippen LogP contribution in [0.2, 0.25) is 0 Å². The summed E-state index contributed by atoms with van der Waals surface area (Å²) in [6.07, 6.45) is 0.975. The van der Waals surface area contributed by atoms with Crippen LogP contribution in [0.1, 0.15) is 25.8 Å². The molecule has 4 heteroatoms. The van der Waals surface area contributed by atoms with Crippen molar-refractivity contribution in [2.45, 2.75) is 32.1 Å². The summed E-state index contributed by atoms with van der Waals surface area (Å²) < 4.78 is 26.7. The molecule has 100 valence electrons. The maximum absolute atomic E-state index is 12.5. The van der Waals surface area contributed by atoms with Gasteiger partial charge in [-0.05, 0) is 36.8 Å². The summed E-state index contributed by atoms with van der Waals surface area (Å²) in [7, 11) is -3.30. The molecule has 1 aliphatic rings. The first-order valence-corrected chi connectivity index (χ1v) is 7.92. The van der Waals surface area contributed by atoms with Gasteiger partial charge in [0.15, 0.2) is 0 Å². The van der Waals surface area contributed by atoms with Gasteiger partial charge in [-0.3, -0.25) is 0 Å². The third-order valence-corrected chi connectivity index (χ3v) is 5.87. The molecule has 18 heavy (non-hydrogen) atoms. The van der Waals surface area contributed by atoms with Gasteiger partial charge in [0.25, 0.3) is 0 Å². The van der Waals surface area contributed by atoms with Crippen LogP contribution in [0.3, 0.4) is 0 Å². The van der Waals surface area contributed by atoms with Gasteiger partial charge >= 0.3 is 0 Å². The first-order chi connectivity index (χ1) is 8.43. The highest BCUT2D eigenvalue weighted by Crippen LogP contribution is 2.29. The number of sulfonamides is 1. The summed E-state index contributed by atoms with van der Waals surface area (Å²) in [5.41, 5.74) is 0.825. The predicted octanol–water partition coefficient (Wildman–Crippen LogP) is 2.66. The summed E-state index contributed by atoms with van der Waals surface area (Å²) in [5, 5.41) is 0. The Hall–Kier alpha value is -0.870. The van der Waals surface area contributed by atoms with Crippen molar-refractivity contribution >= 4 is 10.0 Å². The van der Waals surface area contributed by atoms with Gasteiger partial charge < -0.3 is 0 Å². The van der Waals surface area contributed by atoms with E-state index in [0.717, 1.165) is 12.0 Å². The first-order valence-electron chi connectivity index (χ1n) is 6.48. The minimum absolute atomic E-state index is 0.453. The topological polar surface area (TPSA) is 37.4 Å². The van der Waals surface area contributed by atoms with Crippen molar-refractivity contribution in [1.29, 1.82) is 0 Å². The maximum Gasteiger partial charge on any atom is 0.243 e. The average Bonchev–Trinajstić information content (AvgIpc) is 2.79. The zero-order chi connectivity index (χ0) is 13.3. The Morgan fingerprint density at radius 2 is 1.94 bits per heavy atom. The minimum atomic E-state index is -3.30. The minimum Gasteiger partial charge on any atom is -0.207 e. The van der Waals surface area contributed by atoms with Crippen molar-refractivity contribution in [3.63, 3.8) is 0 Å². The highest BCUT2D eigenvalue weighted by atomic mass is 32.2. The fourth-order valence-corrected chi connectivity index (χ4v) is 4.24. The van der Waals surface area contributed by atoms with Crippen LogP contribution in [0.4, 0.5) is 0 Å². The molecule has 1 aliphatic heterocycles. The van der Waals surface area contributed by atoms with Crippen LogP contribution in [-0.4, -0.2) is 25.8 Å². The van der Waals surface area contributed by atoms with Gasteiger partial charge in [-0.15, -0.1) is 0 Å². The molecular weight excluding hydrogens is 246 g/mol. The lowest BCUT2D eigenvalue weighted by Crippen LogP contribution is -2.30. The molecule has 1 atom stereocenters. The van der Waals surface area contributed by atoms with Crippen molar-refractivity contribution in [1.82, 2.24) is 4.31 Å². The van der Waals surface area contributed by atoms with Crippen LogP contribution < -0.4 is 0 Å². The van der Waals surface area contributed by atoms with Crippen LogP contribution >= 0.6 is 0 Å². The molecule has 1 saturated heterocycles. The highest BCUT2D eigenvalue weighted by molar-refractivity contribution is 7.89. The maximum atomic E-state index is 12.5. The van der Waals surface area contributed by atoms with Crippen LogP contribution in [0.5, 0.6) is 0 Å². The number of nitrogens with zero attached hydrogens (tertiary/aromatic N) is 1. The third kappa shape index (κ3) is 2.45. The Labute approximate surface area is 110 Å². The molecule has 1 heterocycles. The zero-order valence-corrected chi connectivity index (χ0v) is 12.1. The van der Waals surface area contributed by atoms with Gasteiger partial charge in [-0.2, -0.15) is 4.31 Å². The van der Waals surface area contributed by atoms with Crippen LogP contribution in [0, 0.1) is 18.8 Å². The number of hydrogen-bond acceptors (Lipinski definition) is 2. The molecule has 1 fully saturated rings. The molecule has 0 spiro atoms. The van der Waals surface area contributed by atoms with Gasteiger partial charge in [0.2, 0.25) is 10.0 Å². The van der Waals surface area contributed by atoms with E-state index in [1.54, 1.807) is 16.4 Å². The summed E-state index contributed by atoms with van der Waals surface area (Å²) in [6.45, 7) is 7.49. The van der Waals surface area contributed by atoms with Crippen LogP contribution in [0.15, 0.2) is 29.2 Å². The van der Waals surface area contributed by atoms with Gasteiger partial charge in [0.1, 0.15) is 0 Å². The fourth-order valence-electron chi connectivity index (χ4n) is 2.50. The Balaban J connectivity index is 2.26. The number of aryl methyl sites for hydroxylation is 1. The lowest BCUT2D eigenvalue weighted by molar-refractivity contribution is 0.388. The van der Waals surface area contributed by atoms with E-state index in [1.807, 2.05) is 19.1 Å². The van der Waals surface area contributed by atoms with Crippen LogP contribution in [0.25, 0.3) is 0 Å². The van der Waals surface area contributed by atoms with E-state index in [0.29, 0.717) is 29.8 Å². The quantitative estimate of drug-likeness (QED) is 0.844. The zero-order valence-electron chi connectivity index (χ0n) is 11.3. The predicted molar refractivity (Wildman–Crippen MR) is 72.9 cm³/mol. The molecule has 0 aliphatic carbocycles. The molecular formula is C14H21NO2S. The first kappa shape index (κ1) is 13.6. The molecule has 0 saturated carbocycles. The molecule has 1 aromatic carbocycles. The molecule has 3 nitrogen and oxygen atoms in total. The van der Waals surface area contributed by atoms with Crippen molar-refractivity contribution in [3.05, 3.63) is 29.8 Å². The van der Waals surface area contributed by atoms with Crippen LogP contribution in [-0.2, 0) is 10.0 Å². The second kappa shape index (κ2) is 5.02. The van der Waals surface area contributed by atoms with Gasteiger partial charge in [-0.25, -0.2) is 8.42 Å². The lowest BCUT2D eigenvalue weighted by atomic mass is 9.96. The Morgan fingerprint density at radius 3 is 2.50 bits per heavy atom. The summed E-state index contributed by atoms with van der Waals surface area (Å²) in [4.78, 5) is 0.453. The number of benzene rings is 1. The fraction of sp³-hybridized carbons (Fsp3) is 0.571. The van der Waals surface area contributed by atoms with Gasteiger partial charge in [-0.1, -0.05) is 32.0 Å². The van der Waals surface area contributed by atoms with Crippen molar-refractivity contribution in [2.75, 3.05) is 13.1 Å². The smallest absolute Gasteiger partial charge is 0.207 e. The van der Waals surface area contributed by atoms with E-state index in [1.165, 1.54) is 0 Å². The molecule has 0 aromatic heterocycles. The summed E-state index contributed by atoms with van der Waals surface area (Å²) in [6, 6.07) is 7.21. The Bertz CT molecular complexity index is 522. The van der Waals surface area contributed by atoms with E-state index in [9.17, 15) is 8.42 Å². The van der Waals surface area contributed by atoms with Crippen molar-refractivity contribution in [3.8, 4) is 0 Å². The standard InChI is InChI=1S/C14H21NO2S/c1-11(2)13-8-9-15(10-13)18(16,17)14-7-5-4-6-12(14)3/h4-7,11,13H,8-10H2,1-3H3. The van der Waals surface area contributed by atoms with Crippen molar-refractivity contribution in [2.24, 2.45) is 11.8 Å². The largest absolute Gasteiger partial charge is 0.243 e. The molecule has 1 aromatic rings. The van der Waals surface area contributed by atoms with Gasteiger partial charge in [0, 0.05) is 13.1 Å². The number of hydrogen-bond donors (Lipinski definition) is 0. The lowest BCUT2D eigenvalue weighted by Gasteiger charge is -2.19. The average molecular weight is 267 g/mol. The number of rotatable bonds is 3. The second-order valence-electron chi connectivity index (χ2n) is 5.42. The van der Waals surface area contributed by atoms with Gasteiger partial charge in [0.05, 0.1) is 4.90 Å². The second-order valence-corrected chi connectivity index (χ2v) is 7.33. The SMILES string of the molecule is Cc1ccccc1S(=O)(=O)N1CCC(C(C)C)C1. The van der Waals surface area contributed by atoms with E-state index < -0.39 is 10.0 Å². The van der Waals surface area contributed by atoms with Crippen molar-refractivity contribution < 1.29 is 8.42 Å². The Morgan fingerprint density at radius 1 is 1.28 bits per heavy atom. The molecule has 2 rings (SSSR count). The van der Waals surface area contributed by atoms with E-state index in [2.05, 4.69) is 13.8 Å². The monoisotopic (exact) mass is 267 g/mol. The third-order valence-electron chi connectivity index (χ3n) is 3.84. The summed E-state index contributed by atoms with van der Waals surface area (Å²) >= 11 is 0. The molecule has 0 N–H and O–H groups in total. The molecule has 0 bridgehead atoms. The summed E-state index contributed by atoms with van der Waals surface area (Å²) in [5.74, 6) is 1.03. The molecule has 0 radical (unpaired) electrons. The molecule has 0 amide bonds. The highest BCUT2D eigenvalue weighted by Gasteiger charge is 2.34. The normalized spacial score (nSPS) is 21.7. The van der Waals surface area contributed by atoms with E-state index in [4.69, 9.17) is 0 Å². The Kier molecular flexibility index (Phi) is 3.78.